The van der Waals surface area contributed by atoms with E-state index < -0.39 is 5.82 Å². The highest BCUT2D eigenvalue weighted by molar-refractivity contribution is 5.89. The lowest BCUT2D eigenvalue weighted by Gasteiger charge is -2.01. The van der Waals surface area contributed by atoms with Crippen LogP contribution in [0.5, 0.6) is 0 Å². The number of amides is 1. The fraction of sp³-hybridized carbons (Fsp3) is 0.250. The summed E-state index contributed by atoms with van der Waals surface area (Å²) in [5.74, 6) is -0.321. The van der Waals surface area contributed by atoms with Crippen molar-refractivity contribution in [1.82, 2.24) is 4.98 Å². The number of hydrogen-bond donors (Lipinski definition) is 2. The predicted octanol–water partition coefficient (Wildman–Crippen LogP) is 0.508. The first-order valence-corrected chi connectivity index (χ1v) is 3.84. The zero-order chi connectivity index (χ0) is 9.68. The molecule has 13 heavy (non-hydrogen) atoms. The maximum absolute atomic E-state index is 12.4. The van der Waals surface area contributed by atoms with Gasteiger partial charge in [0.2, 0.25) is 5.91 Å². The summed E-state index contributed by atoms with van der Waals surface area (Å²) in [5.41, 5.74) is 5.17. The number of pyridine rings is 1. The molecular formula is C8H10FN3O. The molecule has 0 aromatic carbocycles. The van der Waals surface area contributed by atoms with E-state index in [4.69, 9.17) is 5.73 Å². The van der Waals surface area contributed by atoms with Crippen molar-refractivity contribution < 1.29 is 9.18 Å². The molecule has 0 radical (unpaired) electrons. The highest BCUT2D eigenvalue weighted by Gasteiger charge is 2.00. The molecule has 70 valence electrons. The van der Waals surface area contributed by atoms with E-state index in [9.17, 15) is 9.18 Å². The van der Waals surface area contributed by atoms with Crippen molar-refractivity contribution in [2.75, 3.05) is 11.9 Å². The van der Waals surface area contributed by atoms with Gasteiger partial charge in [0.25, 0.3) is 0 Å². The smallest absolute Gasteiger partial charge is 0.226 e. The molecule has 0 aliphatic carbocycles. The number of carbonyl (C=O) groups excluding carboxylic acids is 1. The SMILES string of the molecule is NCCC(=O)Nc1ccc(F)cn1. The van der Waals surface area contributed by atoms with Crippen LogP contribution in [0.1, 0.15) is 6.42 Å². The Hall–Kier alpha value is -1.49. The molecule has 1 amide bonds. The minimum Gasteiger partial charge on any atom is -0.330 e. The average Bonchev–Trinajstić information content (AvgIpc) is 2.09. The Morgan fingerprint density at radius 1 is 1.62 bits per heavy atom. The molecule has 1 heterocycles. The number of nitrogens with zero attached hydrogens (tertiary/aromatic N) is 1. The Balaban J connectivity index is 2.54. The zero-order valence-corrected chi connectivity index (χ0v) is 6.96. The minimum atomic E-state index is -0.433. The summed E-state index contributed by atoms with van der Waals surface area (Å²) in [6, 6.07) is 2.62. The summed E-state index contributed by atoms with van der Waals surface area (Å²) in [6.45, 7) is 0.285. The van der Waals surface area contributed by atoms with Crippen LogP contribution < -0.4 is 11.1 Å². The second-order valence-electron chi connectivity index (χ2n) is 2.45. The number of halogens is 1. The molecule has 5 heteroatoms. The summed E-state index contributed by atoms with van der Waals surface area (Å²) in [5, 5.41) is 2.47. The molecule has 0 saturated carbocycles. The third-order valence-electron chi connectivity index (χ3n) is 1.37. The fourth-order valence-electron chi connectivity index (χ4n) is 0.786. The van der Waals surface area contributed by atoms with Gasteiger partial charge in [-0.3, -0.25) is 4.79 Å². The van der Waals surface area contributed by atoms with Crippen LogP contribution in [0.15, 0.2) is 18.3 Å². The Morgan fingerprint density at radius 3 is 2.92 bits per heavy atom. The number of hydrogen-bond acceptors (Lipinski definition) is 3. The molecule has 0 fully saturated rings. The van der Waals surface area contributed by atoms with Gasteiger partial charge < -0.3 is 11.1 Å². The summed E-state index contributed by atoms with van der Waals surface area (Å²) < 4.78 is 12.4. The van der Waals surface area contributed by atoms with Crippen LogP contribution in [-0.2, 0) is 4.79 Å². The minimum absolute atomic E-state index is 0.221. The highest BCUT2D eigenvalue weighted by Crippen LogP contribution is 2.03. The molecule has 0 unspecified atom stereocenters. The first kappa shape index (κ1) is 9.60. The molecule has 0 atom stereocenters. The molecule has 1 aromatic heterocycles. The van der Waals surface area contributed by atoms with Crippen molar-refractivity contribution in [3.8, 4) is 0 Å². The molecular weight excluding hydrogens is 173 g/mol. The van der Waals surface area contributed by atoms with Gasteiger partial charge in [-0.1, -0.05) is 0 Å². The maximum Gasteiger partial charge on any atom is 0.226 e. The monoisotopic (exact) mass is 183 g/mol. The van der Waals surface area contributed by atoms with Gasteiger partial charge in [-0.15, -0.1) is 0 Å². The number of anilines is 1. The van der Waals surface area contributed by atoms with E-state index in [0.717, 1.165) is 6.20 Å². The first-order chi connectivity index (χ1) is 6.22. The summed E-state index contributed by atoms with van der Waals surface area (Å²) in [4.78, 5) is 14.6. The molecule has 1 aromatic rings. The van der Waals surface area contributed by atoms with Crippen LogP contribution in [0, 0.1) is 5.82 Å². The number of nitrogens with two attached hydrogens (primary N) is 1. The van der Waals surface area contributed by atoms with Crippen molar-refractivity contribution in [3.63, 3.8) is 0 Å². The Labute approximate surface area is 75.0 Å². The predicted molar refractivity (Wildman–Crippen MR) is 46.5 cm³/mol. The number of aromatic nitrogens is 1. The molecule has 0 bridgehead atoms. The van der Waals surface area contributed by atoms with Gasteiger partial charge in [0, 0.05) is 13.0 Å². The third-order valence-corrected chi connectivity index (χ3v) is 1.37. The lowest BCUT2D eigenvalue weighted by atomic mass is 10.4. The lowest BCUT2D eigenvalue weighted by Crippen LogP contribution is -2.16. The van der Waals surface area contributed by atoms with E-state index in [1.54, 1.807) is 0 Å². The second kappa shape index (κ2) is 4.51. The topological polar surface area (TPSA) is 68.0 Å². The van der Waals surface area contributed by atoms with Crippen LogP contribution in [0.3, 0.4) is 0 Å². The molecule has 4 nitrogen and oxygen atoms in total. The Morgan fingerprint density at radius 2 is 2.38 bits per heavy atom. The average molecular weight is 183 g/mol. The standard InChI is InChI=1S/C8H10FN3O/c9-6-1-2-7(11-5-6)12-8(13)3-4-10/h1-2,5H,3-4,10H2,(H,11,12,13). The van der Waals surface area contributed by atoms with E-state index in [0.29, 0.717) is 5.82 Å². The first-order valence-electron chi connectivity index (χ1n) is 3.84. The van der Waals surface area contributed by atoms with Crippen molar-refractivity contribution in [2.24, 2.45) is 5.73 Å². The Bertz CT molecular complexity index is 286. The molecule has 3 N–H and O–H groups in total. The van der Waals surface area contributed by atoms with Crippen molar-refractivity contribution in [3.05, 3.63) is 24.1 Å². The van der Waals surface area contributed by atoms with E-state index in [-0.39, 0.29) is 18.9 Å². The molecule has 0 saturated heterocycles. The fourth-order valence-corrected chi connectivity index (χ4v) is 0.786. The zero-order valence-electron chi connectivity index (χ0n) is 6.96. The number of rotatable bonds is 3. The maximum atomic E-state index is 12.4. The van der Waals surface area contributed by atoms with Crippen molar-refractivity contribution >= 4 is 11.7 Å². The van der Waals surface area contributed by atoms with Gasteiger partial charge in [0.15, 0.2) is 0 Å². The van der Waals surface area contributed by atoms with E-state index >= 15 is 0 Å². The van der Waals surface area contributed by atoms with Gasteiger partial charge in [-0.2, -0.15) is 0 Å². The van der Waals surface area contributed by atoms with Crippen LogP contribution in [0.4, 0.5) is 10.2 Å². The van der Waals surface area contributed by atoms with E-state index in [1.165, 1.54) is 12.1 Å². The molecule has 0 spiro atoms. The van der Waals surface area contributed by atoms with Gasteiger partial charge in [-0.05, 0) is 12.1 Å². The quantitative estimate of drug-likeness (QED) is 0.717. The van der Waals surface area contributed by atoms with Gasteiger partial charge in [0.1, 0.15) is 11.6 Å². The molecule has 1 rings (SSSR count). The van der Waals surface area contributed by atoms with Crippen LogP contribution in [0.25, 0.3) is 0 Å². The third kappa shape index (κ3) is 3.16. The number of nitrogens with one attached hydrogen (secondary N) is 1. The van der Waals surface area contributed by atoms with Crippen LogP contribution in [0.2, 0.25) is 0 Å². The van der Waals surface area contributed by atoms with Crippen molar-refractivity contribution in [2.45, 2.75) is 6.42 Å². The summed E-state index contributed by atoms with van der Waals surface area (Å²) >= 11 is 0. The normalized spacial score (nSPS) is 9.69. The Kier molecular flexibility index (Phi) is 3.33. The highest BCUT2D eigenvalue weighted by atomic mass is 19.1. The second-order valence-corrected chi connectivity index (χ2v) is 2.45. The summed E-state index contributed by atoms with van der Waals surface area (Å²) in [6.07, 6.45) is 1.27. The largest absolute Gasteiger partial charge is 0.330 e. The van der Waals surface area contributed by atoms with Crippen LogP contribution >= 0.6 is 0 Å². The molecule has 0 aliphatic rings. The van der Waals surface area contributed by atoms with Gasteiger partial charge >= 0.3 is 0 Å². The lowest BCUT2D eigenvalue weighted by molar-refractivity contribution is -0.116. The molecule has 0 aliphatic heterocycles. The van der Waals surface area contributed by atoms with Gasteiger partial charge in [-0.25, -0.2) is 9.37 Å². The van der Waals surface area contributed by atoms with E-state index in [2.05, 4.69) is 10.3 Å². The summed E-state index contributed by atoms with van der Waals surface area (Å²) in [7, 11) is 0. The van der Waals surface area contributed by atoms with Gasteiger partial charge in [0.05, 0.1) is 6.20 Å². The van der Waals surface area contributed by atoms with E-state index in [1.807, 2.05) is 0 Å². The van der Waals surface area contributed by atoms with Crippen molar-refractivity contribution in [1.29, 1.82) is 0 Å². The number of carbonyl (C=O) groups is 1. The van der Waals surface area contributed by atoms with Crippen LogP contribution in [-0.4, -0.2) is 17.4 Å².